The summed E-state index contributed by atoms with van der Waals surface area (Å²) >= 11 is 0. The number of nitrogens with zero attached hydrogens (tertiary/aromatic N) is 1. The first-order valence-corrected chi connectivity index (χ1v) is 4.68. The van der Waals surface area contributed by atoms with Crippen LogP contribution in [0.5, 0.6) is 0 Å². The van der Waals surface area contributed by atoms with Crippen molar-refractivity contribution in [3.8, 4) is 0 Å². The molecule has 0 radical (unpaired) electrons. The van der Waals surface area contributed by atoms with E-state index in [9.17, 15) is 18.0 Å². The van der Waals surface area contributed by atoms with Gasteiger partial charge >= 0.3 is 0 Å². The minimum absolute atomic E-state index is 0.0176. The van der Waals surface area contributed by atoms with Gasteiger partial charge in [0.15, 0.2) is 17.4 Å². The highest BCUT2D eigenvalue weighted by Crippen LogP contribution is 2.13. The van der Waals surface area contributed by atoms with Gasteiger partial charge in [0.25, 0.3) is 0 Å². The third-order valence-corrected chi connectivity index (χ3v) is 2.15. The summed E-state index contributed by atoms with van der Waals surface area (Å²) in [6.07, 6.45) is 2.11. The van der Waals surface area contributed by atoms with Gasteiger partial charge in [-0.1, -0.05) is 0 Å². The Kier molecular flexibility index (Phi) is 2.91. The summed E-state index contributed by atoms with van der Waals surface area (Å²) in [6, 6.07) is 3.72. The van der Waals surface area contributed by atoms with Crippen molar-refractivity contribution in [2.24, 2.45) is 0 Å². The summed E-state index contributed by atoms with van der Waals surface area (Å²) < 4.78 is 38.4. The predicted molar refractivity (Wildman–Crippen MR) is 54.0 cm³/mol. The lowest BCUT2D eigenvalue weighted by molar-refractivity contribution is 0.103. The van der Waals surface area contributed by atoms with E-state index in [0.29, 0.717) is 0 Å². The Bertz CT molecular complexity index is 584. The normalized spacial score (nSPS) is 10.3. The number of carbonyl (C=O) groups is 1. The van der Waals surface area contributed by atoms with E-state index >= 15 is 0 Å². The van der Waals surface area contributed by atoms with Gasteiger partial charge in [-0.15, -0.1) is 0 Å². The molecule has 0 fully saturated rings. The average molecular weight is 237 g/mol. The van der Waals surface area contributed by atoms with Crippen molar-refractivity contribution in [2.75, 3.05) is 0 Å². The highest BCUT2D eigenvalue weighted by atomic mass is 19.2. The van der Waals surface area contributed by atoms with Crippen molar-refractivity contribution in [3.05, 3.63) is 65.2 Å². The van der Waals surface area contributed by atoms with Gasteiger partial charge in [-0.25, -0.2) is 13.2 Å². The van der Waals surface area contributed by atoms with Gasteiger partial charge in [-0.05, 0) is 24.3 Å². The summed E-state index contributed by atoms with van der Waals surface area (Å²) in [5, 5.41) is 0. The van der Waals surface area contributed by atoms with Gasteiger partial charge in [0.2, 0.25) is 0 Å². The molecule has 2 rings (SSSR count). The number of ketones is 1. The van der Waals surface area contributed by atoms with Crippen LogP contribution >= 0.6 is 0 Å². The minimum atomic E-state index is -1.12. The average Bonchev–Trinajstić information content (AvgIpc) is 2.32. The molecule has 2 aromatic rings. The Morgan fingerprint density at radius 3 is 2.35 bits per heavy atom. The van der Waals surface area contributed by atoms with E-state index < -0.39 is 23.2 Å². The molecule has 0 amide bonds. The number of pyridine rings is 1. The fourth-order valence-electron chi connectivity index (χ4n) is 1.34. The Balaban J connectivity index is 2.40. The quantitative estimate of drug-likeness (QED) is 0.751. The molecule has 1 aromatic carbocycles. The fraction of sp³-hybridized carbons (Fsp3) is 0. The molecule has 0 aliphatic heterocycles. The molecule has 0 saturated heterocycles. The molecule has 0 unspecified atom stereocenters. The lowest BCUT2D eigenvalue weighted by atomic mass is 10.0. The van der Waals surface area contributed by atoms with Crippen molar-refractivity contribution >= 4 is 5.78 Å². The highest BCUT2D eigenvalue weighted by molar-refractivity contribution is 6.08. The van der Waals surface area contributed by atoms with Crippen LogP contribution in [0.15, 0.2) is 36.7 Å². The van der Waals surface area contributed by atoms with Gasteiger partial charge in [0, 0.05) is 17.3 Å². The Labute approximate surface area is 94.7 Å². The van der Waals surface area contributed by atoms with Crippen LogP contribution in [0, 0.1) is 17.5 Å². The maximum atomic E-state index is 12.9. The second-order valence-electron chi connectivity index (χ2n) is 3.35. The van der Waals surface area contributed by atoms with Crippen molar-refractivity contribution in [1.82, 2.24) is 4.98 Å². The number of carbonyl (C=O) groups excluding carboxylic acids is 1. The van der Waals surface area contributed by atoms with E-state index in [4.69, 9.17) is 0 Å². The molecule has 1 aromatic heterocycles. The molecular formula is C12H6F3NO. The molecule has 0 bridgehead atoms. The number of hydrogen-bond donors (Lipinski definition) is 0. The standard InChI is InChI=1S/C12H6F3NO/c13-9-3-8(5-16-6-9)12(17)7-1-2-10(14)11(15)4-7/h1-6H. The van der Waals surface area contributed by atoms with Crippen LogP contribution in [-0.4, -0.2) is 10.8 Å². The van der Waals surface area contributed by atoms with Crippen molar-refractivity contribution in [1.29, 1.82) is 0 Å². The second kappa shape index (κ2) is 4.37. The summed E-state index contributed by atoms with van der Waals surface area (Å²) in [5.41, 5.74) is -0.0766. The zero-order valence-electron chi connectivity index (χ0n) is 8.45. The van der Waals surface area contributed by atoms with Crippen LogP contribution < -0.4 is 0 Å². The molecule has 0 atom stereocenters. The molecule has 5 heteroatoms. The molecular weight excluding hydrogens is 231 g/mol. The number of aromatic nitrogens is 1. The maximum Gasteiger partial charge on any atom is 0.194 e. The van der Waals surface area contributed by atoms with Crippen LogP contribution in [0.4, 0.5) is 13.2 Å². The molecule has 0 saturated carbocycles. The first-order valence-electron chi connectivity index (χ1n) is 4.68. The molecule has 86 valence electrons. The zero-order valence-corrected chi connectivity index (χ0v) is 8.45. The van der Waals surface area contributed by atoms with E-state index in [1.807, 2.05) is 0 Å². The molecule has 0 N–H and O–H groups in total. The predicted octanol–water partition coefficient (Wildman–Crippen LogP) is 2.73. The fourth-order valence-corrected chi connectivity index (χ4v) is 1.34. The van der Waals surface area contributed by atoms with E-state index in [1.165, 1.54) is 0 Å². The largest absolute Gasteiger partial charge is 0.289 e. The molecule has 0 aliphatic carbocycles. The zero-order chi connectivity index (χ0) is 12.4. The molecule has 2 nitrogen and oxygen atoms in total. The molecule has 1 heterocycles. The van der Waals surface area contributed by atoms with Crippen LogP contribution in [-0.2, 0) is 0 Å². The van der Waals surface area contributed by atoms with E-state index in [2.05, 4.69) is 4.98 Å². The van der Waals surface area contributed by atoms with Gasteiger partial charge in [-0.2, -0.15) is 0 Å². The third-order valence-electron chi connectivity index (χ3n) is 2.15. The highest BCUT2D eigenvalue weighted by Gasteiger charge is 2.12. The van der Waals surface area contributed by atoms with Gasteiger partial charge in [-0.3, -0.25) is 9.78 Å². The summed E-state index contributed by atoms with van der Waals surface area (Å²) in [7, 11) is 0. The lowest BCUT2D eigenvalue weighted by Crippen LogP contribution is -2.03. The lowest BCUT2D eigenvalue weighted by Gasteiger charge is -2.01. The first-order chi connectivity index (χ1) is 8.08. The van der Waals surface area contributed by atoms with Crippen LogP contribution in [0.3, 0.4) is 0 Å². The van der Waals surface area contributed by atoms with Gasteiger partial charge < -0.3 is 0 Å². The summed E-state index contributed by atoms with van der Waals surface area (Å²) in [6.45, 7) is 0. The van der Waals surface area contributed by atoms with Crippen LogP contribution in [0.25, 0.3) is 0 Å². The topological polar surface area (TPSA) is 30.0 Å². The number of rotatable bonds is 2. The van der Waals surface area contributed by atoms with Crippen molar-refractivity contribution in [3.63, 3.8) is 0 Å². The summed E-state index contributed by atoms with van der Waals surface area (Å²) in [4.78, 5) is 15.3. The summed E-state index contributed by atoms with van der Waals surface area (Å²) in [5.74, 6) is -3.45. The van der Waals surface area contributed by atoms with E-state index in [1.54, 1.807) is 0 Å². The van der Waals surface area contributed by atoms with Crippen LogP contribution in [0.1, 0.15) is 15.9 Å². The number of hydrogen-bond acceptors (Lipinski definition) is 2. The molecule has 0 aliphatic rings. The second-order valence-corrected chi connectivity index (χ2v) is 3.35. The number of halogens is 3. The Morgan fingerprint density at radius 1 is 0.941 bits per heavy atom. The first kappa shape index (κ1) is 11.3. The van der Waals surface area contributed by atoms with Gasteiger partial charge in [0.1, 0.15) is 5.82 Å². The maximum absolute atomic E-state index is 12.9. The van der Waals surface area contributed by atoms with E-state index in [-0.39, 0.29) is 11.1 Å². The molecule has 17 heavy (non-hydrogen) atoms. The SMILES string of the molecule is O=C(c1cncc(F)c1)c1ccc(F)c(F)c1. The monoisotopic (exact) mass is 237 g/mol. The van der Waals surface area contributed by atoms with E-state index in [0.717, 1.165) is 36.7 Å². The van der Waals surface area contributed by atoms with Crippen LogP contribution in [0.2, 0.25) is 0 Å². The minimum Gasteiger partial charge on any atom is -0.289 e. The van der Waals surface area contributed by atoms with Crippen molar-refractivity contribution in [2.45, 2.75) is 0 Å². The van der Waals surface area contributed by atoms with Gasteiger partial charge in [0.05, 0.1) is 6.20 Å². The number of benzene rings is 1. The smallest absolute Gasteiger partial charge is 0.194 e. The molecule has 0 spiro atoms. The third kappa shape index (κ3) is 2.33. The Hall–Kier alpha value is -2.17. The Morgan fingerprint density at radius 2 is 1.71 bits per heavy atom. The van der Waals surface area contributed by atoms with Crippen molar-refractivity contribution < 1.29 is 18.0 Å².